The molecule has 0 radical (unpaired) electrons. The van der Waals surface area contributed by atoms with Crippen LogP contribution in [0.5, 0.6) is 11.5 Å². The van der Waals surface area contributed by atoms with E-state index in [1.165, 1.54) is 24.3 Å². The quantitative estimate of drug-likeness (QED) is 0.383. The Balaban J connectivity index is 1.50. The Morgan fingerprint density at radius 2 is 1.76 bits per heavy atom. The molecular formula is C22H20F3N5O3. The van der Waals surface area contributed by atoms with Crippen LogP contribution in [-0.2, 0) is 6.54 Å². The van der Waals surface area contributed by atoms with Gasteiger partial charge in [0.25, 0.3) is 5.89 Å². The van der Waals surface area contributed by atoms with Crippen LogP contribution in [0.1, 0.15) is 25.2 Å². The van der Waals surface area contributed by atoms with E-state index in [9.17, 15) is 13.2 Å². The van der Waals surface area contributed by atoms with Crippen LogP contribution in [0.2, 0.25) is 0 Å². The monoisotopic (exact) mass is 459 g/mol. The fourth-order valence-electron chi connectivity index (χ4n) is 3.06. The predicted octanol–water partition coefficient (Wildman–Crippen LogP) is 5.04. The molecule has 0 spiro atoms. The van der Waals surface area contributed by atoms with Crippen molar-refractivity contribution in [1.82, 2.24) is 24.9 Å². The topological polar surface area (TPSA) is 88.1 Å². The van der Waals surface area contributed by atoms with E-state index in [1.807, 2.05) is 45.0 Å². The van der Waals surface area contributed by atoms with Crippen molar-refractivity contribution < 1.29 is 27.2 Å². The summed E-state index contributed by atoms with van der Waals surface area (Å²) in [4.78, 5) is 8.65. The Hall–Kier alpha value is -3.89. The molecule has 11 heteroatoms. The molecule has 0 fully saturated rings. The molecule has 0 N–H and O–H groups in total. The van der Waals surface area contributed by atoms with Crippen molar-refractivity contribution in [2.24, 2.45) is 0 Å². The second kappa shape index (κ2) is 8.93. The minimum Gasteiger partial charge on any atom is -0.491 e. The Morgan fingerprint density at radius 1 is 1.00 bits per heavy atom. The van der Waals surface area contributed by atoms with Gasteiger partial charge < -0.3 is 14.0 Å². The van der Waals surface area contributed by atoms with Crippen molar-refractivity contribution in [1.29, 1.82) is 0 Å². The molecule has 0 saturated carbocycles. The molecule has 4 aromatic rings. The first-order valence-corrected chi connectivity index (χ1v) is 10.0. The molecule has 0 bridgehead atoms. The van der Waals surface area contributed by atoms with E-state index in [1.54, 1.807) is 4.68 Å². The molecular weight excluding hydrogens is 439 g/mol. The second-order valence-corrected chi connectivity index (χ2v) is 7.45. The van der Waals surface area contributed by atoms with Gasteiger partial charge in [-0.15, -0.1) is 18.3 Å². The lowest BCUT2D eigenvalue weighted by molar-refractivity contribution is -0.274. The standard InChI is InChI=1S/C22H20F3N5O3/c1-13(2)31-18-6-4-5-15(11-18)12-30-14(3)26-20(28-30)21-27-19(29-33-21)16-7-9-17(10-8-16)32-22(23,24)25/h4-11,13H,12H2,1-3H3. The van der Waals surface area contributed by atoms with Crippen LogP contribution in [0.3, 0.4) is 0 Å². The number of aromatic nitrogens is 5. The molecule has 0 atom stereocenters. The molecule has 2 heterocycles. The van der Waals surface area contributed by atoms with E-state index in [4.69, 9.17) is 9.26 Å². The van der Waals surface area contributed by atoms with Crippen molar-refractivity contribution >= 4 is 0 Å². The van der Waals surface area contributed by atoms with Crippen molar-refractivity contribution in [2.45, 2.75) is 39.8 Å². The smallest absolute Gasteiger partial charge is 0.491 e. The van der Waals surface area contributed by atoms with Gasteiger partial charge in [0.1, 0.15) is 17.3 Å². The minimum absolute atomic E-state index is 0.0695. The van der Waals surface area contributed by atoms with Crippen LogP contribution in [-0.4, -0.2) is 37.4 Å². The number of alkyl halides is 3. The van der Waals surface area contributed by atoms with E-state index in [0.29, 0.717) is 17.9 Å². The zero-order valence-electron chi connectivity index (χ0n) is 18.0. The maximum absolute atomic E-state index is 12.3. The van der Waals surface area contributed by atoms with Crippen LogP contribution < -0.4 is 9.47 Å². The highest BCUT2D eigenvalue weighted by Crippen LogP contribution is 2.26. The van der Waals surface area contributed by atoms with Gasteiger partial charge >= 0.3 is 6.36 Å². The molecule has 4 rings (SSSR count). The second-order valence-electron chi connectivity index (χ2n) is 7.45. The molecule has 0 saturated heterocycles. The number of hydrogen-bond donors (Lipinski definition) is 0. The summed E-state index contributed by atoms with van der Waals surface area (Å²) in [5.41, 5.74) is 1.44. The summed E-state index contributed by atoms with van der Waals surface area (Å²) in [7, 11) is 0. The molecule has 172 valence electrons. The van der Waals surface area contributed by atoms with Crippen LogP contribution >= 0.6 is 0 Å². The first-order chi connectivity index (χ1) is 15.7. The average molecular weight is 459 g/mol. The predicted molar refractivity (Wildman–Crippen MR) is 111 cm³/mol. The van der Waals surface area contributed by atoms with Gasteiger partial charge in [0.2, 0.25) is 11.6 Å². The minimum atomic E-state index is -4.76. The fraction of sp³-hybridized carbons (Fsp3) is 0.273. The van der Waals surface area contributed by atoms with E-state index in [2.05, 4.69) is 25.0 Å². The summed E-state index contributed by atoms with van der Waals surface area (Å²) >= 11 is 0. The summed E-state index contributed by atoms with van der Waals surface area (Å²) in [6, 6.07) is 12.9. The third-order valence-corrected chi connectivity index (χ3v) is 4.42. The summed E-state index contributed by atoms with van der Waals surface area (Å²) in [6.45, 7) is 6.20. The number of nitrogens with zero attached hydrogens (tertiary/aromatic N) is 5. The highest BCUT2D eigenvalue weighted by molar-refractivity contribution is 5.57. The van der Waals surface area contributed by atoms with Crippen molar-refractivity contribution in [3.8, 4) is 34.6 Å². The molecule has 33 heavy (non-hydrogen) atoms. The Kier molecular flexibility index (Phi) is 6.03. The number of ether oxygens (including phenoxy) is 2. The number of rotatable bonds is 7. The Labute approximate surface area is 187 Å². The van der Waals surface area contributed by atoms with E-state index in [0.717, 1.165) is 11.3 Å². The molecule has 0 unspecified atom stereocenters. The van der Waals surface area contributed by atoms with Gasteiger partial charge in [0.05, 0.1) is 12.6 Å². The molecule has 0 aliphatic heterocycles. The summed E-state index contributed by atoms with van der Waals surface area (Å²) in [5, 5.41) is 8.33. The van der Waals surface area contributed by atoms with Crippen molar-refractivity contribution in [3.63, 3.8) is 0 Å². The van der Waals surface area contributed by atoms with Gasteiger partial charge in [-0.2, -0.15) is 4.98 Å². The molecule has 0 amide bonds. The molecule has 0 aliphatic rings. The summed E-state index contributed by atoms with van der Waals surface area (Å²) in [5.74, 6) is 1.62. The van der Waals surface area contributed by atoms with Gasteiger partial charge in [-0.3, -0.25) is 0 Å². The van der Waals surface area contributed by atoms with Crippen LogP contribution in [0.25, 0.3) is 23.1 Å². The first-order valence-electron chi connectivity index (χ1n) is 10.0. The maximum atomic E-state index is 12.3. The zero-order chi connectivity index (χ0) is 23.6. The Morgan fingerprint density at radius 3 is 2.45 bits per heavy atom. The lowest BCUT2D eigenvalue weighted by atomic mass is 10.2. The average Bonchev–Trinajstić information content (AvgIpc) is 3.35. The third-order valence-electron chi connectivity index (χ3n) is 4.42. The molecule has 2 aromatic carbocycles. The first kappa shape index (κ1) is 22.3. The van der Waals surface area contributed by atoms with Gasteiger partial charge in [-0.25, -0.2) is 9.67 Å². The van der Waals surface area contributed by atoms with E-state index >= 15 is 0 Å². The molecule has 8 nitrogen and oxygen atoms in total. The highest BCUT2D eigenvalue weighted by Gasteiger charge is 2.31. The summed E-state index contributed by atoms with van der Waals surface area (Å²) in [6.07, 6.45) is -4.69. The van der Waals surface area contributed by atoms with E-state index < -0.39 is 6.36 Å². The number of hydrogen-bond acceptors (Lipinski definition) is 7. The lowest BCUT2D eigenvalue weighted by Gasteiger charge is -2.11. The normalized spacial score (nSPS) is 11.7. The fourth-order valence-corrected chi connectivity index (χ4v) is 3.06. The van der Waals surface area contributed by atoms with Gasteiger partial charge in [0, 0.05) is 5.56 Å². The van der Waals surface area contributed by atoms with Gasteiger partial charge in [-0.1, -0.05) is 17.3 Å². The van der Waals surface area contributed by atoms with E-state index in [-0.39, 0.29) is 29.4 Å². The van der Waals surface area contributed by atoms with Crippen molar-refractivity contribution in [3.05, 3.63) is 59.9 Å². The zero-order valence-corrected chi connectivity index (χ0v) is 18.0. The molecule has 2 aromatic heterocycles. The highest BCUT2D eigenvalue weighted by atomic mass is 19.4. The summed E-state index contributed by atoms with van der Waals surface area (Å²) < 4.78 is 53.5. The number of benzene rings is 2. The Bertz CT molecular complexity index is 1230. The van der Waals surface area contributed by atoms with Crippen LogP contribution in [0.4, 0.5) is 13.2 Å². The SMILES string of the molecule is Cc1nc(-c2nc(-c3ccc(OC(F)(F)F)cc3)no2)nn1Cc1cccc(OC(C)C)c1. The number of halogens is 3. The van der Waals surface area contributed by atoms with Gasteiger partial charge in [-0.05, 0) is 62.7 Å². The third kappa shape index (κ3) is 5.68. The lowest BCUT2D eigenvalue weighted by Crippen LogP contribution is -2.16. The number of aryl methyl sites for hydroxylation is 1. The van der Waals surface area contributed by atoms with Gasteiger partial charge in [0.15, 0.2) is 0 Å². The van der Waals surface area contributed by atoms with Crippen LogP contribution in [0.15, 0.2) is 53.1 Å². The maximum Gasteiger partial charge on any atom is 0.573 e. The largest absolute Gasteiger partial charge is 0.573 e. The van der Waals surface area contributed by atoms with Crippen LogP contribution in [0, 0.1) is 6.92 Å². The van der Waals surface area contributed by atoms with Crippen molar-refractivity contribution in [2.75, 3.05) is 0 Å². The molecule has 0 aliphatic carbocycles.